The molecule has 150 valence electrons. The van der Waals surface area contributed by atoms with Crippen LogP contribution in [-0.2, 0) is 9.47 Å². The number of carbonyl (C=O) groups is 1. The Labute approximate surface area is 165 Å². The summed E-state index contributed by atoms with van der Waals surface area (Å²) in [6, 6.07) is 10.9. The number of aromatic nitrogens is 1. The van der Waals surface area contributed by atoms with Gasteiger partial charge in [-0.15, -0.1) is 0 Å². The second-order valence-electron chi connectivity index (χ2n) is 6.86. The van der Waals surface area contributed by atoms with E-state index in [1.165, 1.54) is 0 Å². The molecule has 1 fully saturated rings. The summed E-state index contributed by atoms with van der Waals surface area (Å²) in [5, 5.41) is 2.88. The molecule has 0 saturated carbocycles. The third-order valence-corrected chi connectivity index (χ3v) is 4.43. The predicted molar refractivity (Wildman–Crippen MR) is 108 cm³/mol. The molecule has 0 radical (unpaired) electrons. The van der Waals surface area contributed by atoms with Crippen molar-refractivity contribution in [1.29, 1.82) is 0 Å². The number of para-hydroxylation sites is 1. The van der Waals surface area contributed by atoms with Gasteiger partial charge in [-0.2, -0.15) is 0 Å². The molecular weight excluding hydrogens is 358 g/mol. The van der Waals surface area contributed by atoms with Gasteiger partial charge >= 0.3 is 0 Å². The minimum atomic E-state index is -0.240. The average Bonchev–Trinajstić information content (AvgIpc) is 2.68. The lowest BCUT2D eigenvalue weighted by Gasteiger charge is -2.36. The fourth-order valence-corrected chi connectivity index (χ4v) is 3.23. The molecule has 2 atom stereocenters. The lowest BCUT2D eigenvalue weighted by atomic mass is 10.2. The Morgan fingerprint density at radius 3 is 2.61 bits per heavy atom. The summed E-state index contributed by atoms with van der Waals surface area (Å²) in [5.74, 6) is 1.16. The van der Waals surface area contributed by atoms with E-state index in [-0.39, 0.29) is 18.1 Å². The molecule has 1 amide bonds. The number of methoxy groups -OCH3 is 1. The van der Waals surface area contributed by atoms with E-state index in [1.807, 2.05) is 18.2 Å². The number of rotatable bonds is 7. The summed E-state index contributed by atoms with van der Waals surface area (Å²) in [6.07, 6.45) is 2.01. The molecule has 3 rings (SSSR count). The van der Waals surface area contributed by atoms with Gasteiger partial charge in [0.1, 0.15) is 18.2 Å². The molecule has 1 saturated heterocycles. The number of anilines is 2. The van der Waals surface area contributed by atoms with E-state index in [0.29, 0.717) is 30.2 Å². The van der Waals surface area contributed by atoms with E-state index >= 15 is 0 Å². The van der Waals surface area contributed by atoms with Crippen LogP contribution < -0.4 is 15.0 Å². The van der Waals surface area contributed by atoms with Crippen LogP contribution in [-0.4, -0.2) is 56.5 Å². The SMILES string of the molecule is COCCOc1ccccc1C(=O)Nc1ccc(N2CC(C)OC(C)C2)nc1. The van der Waals surface area contributed by atoms with Crippen LogP contribution in [0.4, 0.5) is 11.5 Å². The first-order valence-corrected chi connectivity index (χ1v) is 9.45. The topological polar surface area (TPSA) is 72.9 Å². The molecule has 1 aliphatic rings. The van der Waals surface area contributed by atoms with Gasteiger partial charge < -0.3 is 24.4 Å². The lowest BCUT2D eigenvalue weighted by Crippen LogP contribution is -2.45. The van der Waals surface area contributed by atoms with E-state index < -0.39 is 0 Å². The third-order valence-electron chi connectivity index (χ3n) is 4.43. The fraction of sp³-hybridized carbons (Fsp3) is 0.429. The van der Waals surface area contributed by atoms with Crippen molar-refractivity contribution in [3.8, 4) is 5.75 Å². The highest BCUT2D eigenvalue weighted by Gasteiger charge is 2.23. The number of nitrogens with zero attached hydrogens (tertiary/aromatic N) is 2. The second kappa shape index (κ2) is 9.52. The molecule has 0 spiro atoms. The highest BCUT2D eigenvalue weighted by molar-refractivity contribution is 6.06. The summed E-state index contributed by atoms with van der Waals surface area (Å²) in [6.45, 7) is 6.56. The number of carbonyl (C=O) groups excluding carboxylic acids is 1. The number of hydrogen-bond donors (Lipinski definition) is 1. The van der Waals surface area contributed by atoms with Gasteiger partial charge in [-0.05, 0) is 38.1 Å². The second-order valence-corrected chi connectivity index (χ2v) is 6.86. The summed E-state index contributed by atoms with van der Waals surface area (Å²) >= 11 is 0. The van der Waals surface area contributed by atoms with Crippen molar-refractivity contribution in [2.24, 2.45) is 0 Å². The van der Waals surface area contributed by atoms with Crippen molar-refractivity contribution in [2.45, 2.75) is 26.1 Å². The van der Waals surface area contributed by atoms with E-state index in [9.17, 15) is 4.79 Å². The van der Waals surface area contributed by atoms with E-state index in [4.69, 9.17) is 14.2 Å². The van der Waals surface area contributed by atoms with E-state index in [1.54, 1.807) is 31.5 Å². The first-order valence-electron chi connectivity index (χ1n) is 9.45. The molecule has 1 aliphatic heterocycles. The molecule has 7 heteroatoms. The molecule has 1 aromatic heterocycles. The van der Waals surface area contributed by atoms with Crippen LogP contribution in [0.25, 0.3) is 0 Å². The summed E-state index contributed by atoms with van der Waals surface area (Å²) in [4.78, 5) is 19.4. The lowest BCUT2D eigenvalue weighted by molar-refractivity contribution is -0.00545. The fourth-order valence-electron chi connectivity index (χ4n) is 3.23. The maximum absolute atomic E-state index is 12.7. The highest BCUT2D eigenvalue weighted by atomic mass is 16.5. The normalized spacial score (nSPS) is 19.3. The zero-order valence-corrected chi connectivity index (χ0v) is 16.6. The maximum Gasteiger partial charge on any atom is 0.259 e. The molecule has 1 N–H and O–H groups in total. The Balaban J connectivity index is 1.65. The van der Waals surface area contributed by atoms with Gasteiger partial charge in [0, 0.05) is 20.2 Å². The molecule has 2 unspecified atom stereocenters. The Kier molecular flexibility index (Phi) is 6.84. The van der Waals surface area contributed by atoms with Crippen LogP contribution in [0.1, 0.15) is 24.2 Å². The number of morpholine rings is 1. The summed E-state index contributed by atoms with van der Waals surface area (Å²) < 4.78 is 16.4. The zero-order chi connectivity index (χ0) is 19.9. The number of hydrogen-bond acceptors (Lipinski definition) is 6. The quantitative estimate of drug-likeness (QED) is 0.739. The first kappa shape index (κ1) is 20.1. The molecule has 0 bridgehead atoms. The molecular formula is C21H27N3O4. The minimum Gasteiger partial charge on any atom is -0.490 e. The Morgan fingerprint density at radius 2 is 1.93 bits per heavy atom. The predicted octanol–water partition coefficient (Wildman–Crippen LogP) is 2.97. The number of nitrogens with one attached hydrogen (secondary N) is 1. The largest absolute Gasteiger partial charge is 0.490 e. The van der Waals surface area contributed by atoms with E-state index in [2.05, 4.69) is 29.0 Å². The van der Waals surface area contributed by atoms with Gasteiger partial charge in [-0.3, -0.25) is 4.79 Å². The van der Waals surface area contributed by atoms with Gasteiger partial charge in [0.25, 0.3) is 5.91 Å². The van der Waals surface area contributed by atoms with Crippen molar-refractivity contribution < 1.29 is 19.0 Å². The Morgan fingerprint density at radius 1 is 1.18 bits per heavy atom. The van der Waals surface area contributed by atoms with Crippen molar-refractivity contribution in [2.75, 3.05) is 43.6 Å². The van der Waals surface area contributed by atoms with Gasteiger partial charge in [0.05, 0.1) is 36.3 Å². The highest BCUT2D eigenvalue weighted by Crippen LogP contribution is 2.22. The number of benzene rings is 1. The molecule has 28 heavy (non-hydrogen) atoms. The number of pyridine rings is 1. The maximum atomic E-state index is 12.7. The molecule has 7 nitrogen and oxygen atoms in total. The van der Waals surface area contributed by atoms with Gasteiger partial charge in [0.2, 0.25) is 0 Å². The monoisotopic (exact) mass is 385 g/mol. The average molecular weight is 385 g/mol. The molecule has 2 heterocycles. The summed E-state index contributed by atoms with van der Waals surface area (Å²) in [5.41, 5.74) is 1.10. The Hall–Kier alpha value is -2.64. The number of ether oxygens (including phenoxy) is 3. The van der Waals surface area contributed by atoms with Crippen molar-refractivity contribution >= 4 is 17.4 Å². The van der Waals surface area contributed by atoms with Gasteiger partial charge in [0.15, 0.2) is 0 Å². The minimum absolute atomic E-state index is 0.166. The molecule has 2 aromatic rings. The third kappa shape index (κ3) is 5.21. The van der Waals surface area contributed by atoms with Crippen LogP contribution in [0.3, 0.4) is 0 Å². The molecule has 1 aromatic carbocycles. The summed E-state index contributed by atoms with van der Waals surface area (Å²) in [7, 11) is 1.61. The first-order chi connectivity index (χ1) is 13.6. The Bertz CT molecular complexity index is 771. The van der Waals surface area contributed by atoms with Crippen LogP contribution >= 0.6 is 0 Å². The van der Waals surface area contributed by atoms with Crippen molar-refractivity contribution in [3.05, 3.63) is 48.2 Å². The van der Waals surface area contributed by atoms with E-state index in [0.717, 1.165) is 18.9 Å². The zero-order valence-electron chi connectivity index (χ0n) is 16.6. The van der Waals surface area contributed by atoms with Crippen LogP contribution in [0.5, 0.6) is 5.75 Å². The van der Waals surface area contributed by atoms with Crippen LogP contribution in [0.2, 0.25) is 0 Å². The smallest absolute Gasteiger partial charge is 0.259 e. The van der Waals surface area contributed by atoms with Crippen molar-refractivity contribution in [1.82, 2.24) is 4.98 Å². The number of amides is 1. The van der Waals surface area contributed by atoms with Crippen LogP contribution in [0, 0.1) is 0 Å². The van der Waals surface area contributed by atoms with Crippen LogP contribution in [0.15, 0.2) is 42.6 Å². The van der Waals surface area contributed by atoms with Gasteiger partial charge in [-0.25, -0.2) is 4.98 Å². The standard InChI is InChI=1S/C21H27N3O4/c1-15-13-24(14-16(2)28-15)20-9-8-17(12-22-20)23-21(25)18-6-4-5-7-19(18)27-11-10-26-3/h4-9,12,15-16H,10-11,13-14H2,1-3H3,(H,23,25). The van der Waals surface area contributed by atoms with Gasteiger partial charge in [-0.1, -0.05) is 12.1 Å². The molecule has 0 aliphatic carbocycles. The van der Waals surface area contributed by atoms with Crippen molar-refractivity contribution in [3.63, 3.8) is 0 Å².